The lowest BCUT2D eigenvalue weighted by atomic mass is 9.99. The number of hydrogen-bond donors (Lipinski definition) is 2. The number of carbonyl (C=O) groups is 2. The van der Waals surface area contributed by atoms with E-state index in [1.165, 1.54) is 34.1 Å². The van der Waals surface area contributed by atoms with Crippen molar-refractivity contribution in [1.82, 2.24) is 14.7 Å². The Balaban J connectivity index is 0.00000684. The summed E-state index contributed by atoms with van der Waals surface area (Å²) in [5, 5.41) is 9.17. The first kappa shape index (κ1) is 32.6. The summed E-state index contributed by atoms with van der Waals surface area (Å²) < 4.78 is 66.5. The van der Waals surface area contributed by atoms with Crippen LogP contribution in [0.4, 0.5) is 13.2 Å². The molecule has 0 radical (unpaired) electrons. The zero-order chi connectivity index (χ0) is 27.0. The van der Waals surface area contributed by atoms with Gasteiger partial charge in [-0.1, -0.05) is 12.2 Å². The SMILES string of the molecule is C=CCC(CC=C)(C(=O)NO)S(=O)(=O)N1CCN(CCCC(=O)c2ccc(OC(F)(F)F)cc2)CC1.Cl. The molecule has 1 amide bonds. The van der Waals surface area contributed by atoms with Crippen molar-refractivity contribution in [3.8, 4) is 5.75 Å². The molecule has 1 fully saturated rings. The molecule has 1 heterocycles. The lowest BCUT2D eigenvalue weighted by molar-refractivity contribution is -0.274. The number of rotatable bonds is 13. The van der Waals surface area contributed by atoms with Gasteiger partial charge in [-0.15, -0.1) is 38.7 Å². The van der Waals surface area contributed by atoms with E-state index in [1.54, 1.807) is 0 Å². The van der Waals surface area contributed by atoms with Crippen molar-refractivity contribution in [3.63, 3.8) is 0 Å². The van der Waals surface area contributed by atoms with Gasteiger partial charge in [-0.3, -0.25) is 14.8 Å². The third kappa shape index (κ3) is 8.27. The first-order valence-corrected chi connectivity index (χ1v) is 12.6. The number of nitrogens with zero attached hydrogens (tertiary/aromatic N) is 2. The second-order valence-electron chi connectivity index (χ2n) is 8.27. The van der Waals surface area contributed by atoms with Gasteiger partial charge < -0.3 is 9.64 Å². The molecule has 0 bridgehead atoms. The average molecular weight is 570 g/mol. The van der Waals surface area contributed by atoms with Crippen molar-refractivity contribution >= 4 is 34.1 Å². The van der Waals surface area contributed by atoms with Gasteiger partial charge in [-0.2, -0.15) is 4.31 Å². The fourth-order valence-electron chi connectivity index (χ4n) is 4.06. The van der Waals surface area contributed by atoms with Gasteiger partial charge in [0.15, 0.2) is 10.5 Å². The quantitative estimate of drug-likeness (QED) is 0.162. The Morgan fingerprint density at radius 1 is 1.05 bits per heavy atom. The van der Waals surface area contributed by atoms with Crippen LogP contribution in [0.25, 0.3) is 0 Å². The van der Waals surface area contributed by atoms with Gasteiger partial charge in [0, 0.05) is 38.2 Å². The number of Topliss-reactive ketones (excluding diaryl/α,β-unsaturated/α-hetero) is 1. The van der Waals surface area contributed by atoms with Crippen LogP contribution in [0.15, 0.2) is 49.6 Å². The Kier molecular flexibility index (Phi) is 12.2. The van der Waals surface area contributed by atoms with Crippen molar-refractivity contribution < 1.29 is 41.1 Å². The maximum absolute atomic E-state index is 13.4. The van der Waals surface area contributed by atoms with Crippen LogP contribution in [0, 0.1) is 0 Å². The second-order valence-corrected chi connectivity index (χ2v) is 10.5. The number of alkyl halides is 3. The van der Waals surface area contributed by atoms with E-state index in [0.717, 1.165) is 12.1 Å². The predicted octanol–water partition coefficient (Wildman–Crippen LogP) is 3.31. The second kappa shape index (κ2) is 13.9. The molecular weight excluding hydrogens is 539 g/mol. The summed E-state index contributed by atoms with van der Waals surface area (Å²) >= 11 is 0. The number of halogens is 4. The van der Waals surface area contributed by atoms with Gasteiger partial charge >= 0.3 is 6.36 Å². The van der Waals surface area contributed by atoms with Gasteiger partial charge in [0.05, 0.1) is 0 Å². The lowest BCUT2D eigenvalue weighted by Crippen LogP contribution is -2.60. The highest BCUT2D eigenvalue weighted by Gasteiger charge is 2.52. The van der Waals surface area contributed by atoms with Crippen LogP contribution in [-0.2, 0) is 14.8 Å². The van der Waals surface area contributed by atoms with Crippen molar-refractivity contribution in [1.29, 1.82) is 0 Å². The molecule has 0 saturated carbocycles. The average Bonchev–Trinajstić information content (AvgIpc) is 2.83. The zero-order valence-electron chi connectivity index (χ0n) is 20.1. The Morgan fingerprint density at radius 2 is 1.59 bits per heavy atom. The van der Waals surface area contributed by atoms with Crippen LogP contribution in [0.2, 0.25) is 0 Å². The van der Waals surface area contributed by atoms with E-state index in [2.05, 4.69) is 17.9 Å². The standard InChI is InChI=1S/C23H30F3N3O6S.ClH/c1-3-11-22(12-4-2,21(31)27-32)36(33,34)29-16-14-28(15-17-29)13-5-6-20(30)18-7-9-19(10-8-18)35-23(24,25)26;/h3-4,7-10,32H,1-2,5-6,11-17H2,(H,27,31);1H. The summed E-state index contributed by atoms with van der Waals surface area (Å²) in [4.78, 5) is 26.7. The number of nitrogens with one attached hydrogen (secondary N) is 1. The molecule has 2 N–H and O–H groups in total. The first-order valence-electron chi connectivity index (χ1n) is 11.2. The molecule has 0 aromatic heterocycles. The zero-order valence-corrected chi connectivity index (χ0v) is 21.7. The van der Waals surface area contributed by atoms with E-state index in [1.807, 2.05) is 4.90 Å². The Bertz CT molecular complexity index is 1030. The number of hydrogen-bond acceptors (Lipinski definition) is 7. The molecule has 1 aromatic carbocycles. The highest BCUT2D eigenvalue weighted by molar-refractivity contribution is 7.91. The van der Waals surface area contributed by atoms with Crippen molar-refractivity contribution in [2.75, 3.05) is 32.7 Å². The highest BCUT2D eigenvalue weighted by atomic mass is 35.5. The minimum atomic E-state index is -4.81. The summed E-state index contributed by atoms with van der Waals surface area (Å²) in [5.41, 5.74) is 1.72. The predicted molar refractivity (Wildman–Crippen MR) is 133 cm³/mol. The van der Waals surface area contributed by atoms with Gasteiger partial charge in [0.25, 0.3) is 5.91 Å². The molecule has 1 aliphatic heterocycles. The third-order valence-corrected chi connectivity index (χ3v) is 8.47. The largest absolute Gasteiger partial charge is 0.573 e. The highest BCUT2D eigenvalue weighted by Crippen LogP contribution is 2.32. The Hall–Kier alpha value is -2.45. The monoisotopic (exact) mass is 569 g/mol. The number of sulfonamides is 1. The van der Waals surface area contributed by atoms with Crippen molar-refractivity contribution in [2.24, 2.45) is 0 Å². The van der Waals surface area contributed by atoms with E-state index < -0.39 is 32.8 Å². The first-order chi connectivity index (χ1) is 16.9. The van der Waals surface area contributed by atoms with Crippen LogP contribution in [0.5, 0.6) is 5.75 Å². The molecule has 0 aliphatic carbocycles. The number of hydroxylamine groups is 1. The summed E-state index contributed by atoms with van der Waals surface area (Å²) in [6, 6.07) is 4.70. The fraction of sp³-hybridized carbons (Fsp3) is 0.478. The minimum absolute atomic E-state index is 0. The van der Waals surface area contributed by atoms with Crippen LogP contribution < -0.4 is 10.2 Å². The van der Waals surface area contributed by atoms with Crippen LogP contribution in [0.1, 0.15) is 36.0 Å². The smallest absolute Gasteiger partial charge is 0.406 e. The molecule has 37 heavy (non-hydrogen) atoms. The maximum atomic E-state index is 13.4. The van der Waals surface area contributed by atoms with E-state index in [0.29, 0.717) is 26.1 Å². The summed E-state index contributed by atoms with van der Waals surface area (Å²) in [6.45, 7) is 8.56. The van der Waals surface area contributed by atoms with Crippen LogP contribution in [0.3, 0.4) is 0 Å². The molecular formula is C23H31ClF3N3O6S. The van der Waals surface area contributed by atoms with Gasteiger partial charge in [-0.05, 0) is 50.1 Å². The molecule has 14 heteroatoms. The number of carbonyl (C=O) groups excluding carboxylic acids is 2. The van der Waals surface area contributed by atoms with Crippen LogP contribution >= 0.6 is 12.4 Å². The van der Waals surface area contributed by atoms with Gasteiger partial charge in [0.1, 0.15) is 5.75 Å². The number of allylic oxidation sites excluding steroid dienone is 2. The topological polar surface area (TPSA) is 116 Å². The van der Waals surface area contributed by atoms with Gasteiger partial charge in [0.2, 0.25) is 10.0 Å². The summed E-state index contributed by atoms with van der Waals surface area (Å²) in [5.74, 6) is -1.70. The van der Waals surface area contributed by atoms with E-state index in [-0.39, 0.29) is 56.1 Å². The van der Waals surface area contributed by atoms with Crippen molar-refractivity contribution in [2.45, 2.75) is 36.8 Å². The number of ether oxygens (including phenoxy) is 1. The number of amides is 1. The van der Waals surface area contributed by atoms with Crippen molar-refractivity contribution in [3.05, 3.63) is 55.1 Å². The number of ketones is 1. The number of piperazine rings is 1. The van der Waals surface area contributed by atoms with E-state index >= 15 is 0 Å². The normalized spacial score (nSPS) is 15.4. The molecule has 0 atom stereocenters. The molecule has 0 unspecified atom stereocenters. The molecule has 2 rings (SSSR count). The Labute approximate surface area is 220 Å². The molecule has 1 saturated heterocycles. The third-order valence-electron chi connectivity index (χ3n) is 5.92. The summed E-state index contributed by atoms with van der Waals surface area (Å²) in [7, 11) is -4.17. The number of benzene rings is 1. The minimum Gasteiger partial charge on any atom is -0.406 e. The molecule has 0 spiro atoms. The van der Waals surface area contributed by atoms with E-state index in [4.69, 9.17) is 0 Å². The Morgan fingerprint density at radius 3 is 2.05 bits per heavy atom. The van der Waals surface area contributed by atoms with E-state index in [9.17, 15) is 36.4 Å². The fourth-order valence-corrected chi connectivity index (χ4v) is 6.13. The molecule has 208 valence electrons. The molecule has 1 aliphatic rings. The molecule has 1 aromatic rings. The van der Waals surface area contributed by atoms with Gasteiger partial charge in [-0.25, -0.2) is 13.9 Å². The van der Waals surface area contributed by atoms with Crippen LogP contribution in [-0.4, -0.2) is 78.4 Å². The summed E-state index contributed by atoms with van der Waals surface area (Å²) in [6.07, 6.45) is -1.98. The lowest BCUT2D eigenvalue weighted by Gasteiger charge is -2.39. The molecule has 9 nitrogen and oxygen atoms in total. The maximum Gasteiger partial charge on any atom is 0.573 e.